The Morgan fingerprint density at radius 1 is 1.47 bits per heavy atom. The summed E-state index contributed by atoms with van der Waals surface area (Å²) in [6.45, 7) is 0. The van der Waals surface area contributed by atoms with Crippen molar-refractivity contribution in [2.24, 2.45) is 0 Å². The summed E-state index contributed by atoms with van der Waals surface area (Å²) in [7, 11) is 1.02. The van der Waals surface area contributed by atoms with Crippen molar-refractivity contribution in [1.82, 2.24) is 0 Å². The van der Waals surface area contributed by atoms with E-state index in [1.165, 1.54) is 0 Å². The maximum atomic E-state index is 12.5. The summed E-state index contributed by atoms with van der Waals surface area (Å²) in [5.74, 6) is -1.01. The first-order chi connectivity index (χ1) is 7.81. The molecular formula is C10H6F3NO2S. The number of esters is 1. The second kappa shape index (κ2) is 4.67. The quantitative estimate of drug-likeness (QED) is 0.624. The summed E-state index contributed by atoms with van der Waals surface area (Å²) in [6.07, 6.45) is -4.62. The van der Waals surface area contributed by atoms with Gasteiger partial charge in [0.25, 0.3) is 0 Å². The Balaban J connectivity index is 3.51. The summed E-state index contributed by atoms with van der Waals surface area (Å²) in [6, 6.07) is 2.88. The lowest BCUT2D eigenvalue weighted by Gasteiger charge is -2.11. The maximum absolute atomic E-state index is 12.5. The van der Waals surface area contributed by atoms with Gasteiger partial charge >= 0.3 is 12.1 Å². The van der Waals surface area contributed by atoms with Crippen LogP contribution in [0.15, 0.2) is 17.0 Å². The van der Waals surface area contributed by atoms with Crippen LogP contribution in [-0.2, 0) is 10.9 Å². The van der Waals surface area contributed by atoms with Crippen LogP contribution in [0.5, 0.6) is 0 Å². The number of hydrogen-bond acceptors (Lipinski definition) is 4. The summed E-state index contributed by atoms with van der Waals surface area (Å²) >= 11 is 3.75. The lowest BCUT2D eigenvalue weighted by Crippen LogP contribution is -2.11. The van der Waals surface area contributed by atoms with Gasteiger partial charge in [-0.15, -0.1) is 12.6 Å². The fourth-order valence-electron chi connectivity index (χ4n) is 1.18. The minimum absolute atomic E-state index is 0.220. The van der Waals surface area contributed by atoms with Gasteiger partial charge in [0, 0.05) is 4.90 Å². The molecular weight excluding hydrogens is 255 g/mol. The Morgan fingerprint density at radius 2 is 2.06 bits per heavy atom. The van der Waals surface area contributed by atoms with Crippen LogP contribution < -0.4 is 0 Å². The van der Waals surface area contributed by atoms with Gasteiger partial charge in [-0.3, -0.25) is 0 Å². The molecule has 0 saturated carbocycles. The number of carbonyl (C=O) groups is 1. The largest absolute Gasteiger partial charge is 0.465 e. The summed E-state index contributed by atoms with van der Waals surface area (Å²) in [5, 5.41) is 8.75. The van der Waals surface area contributed by atoms with Crippen molar-refractivity contribution >= 4 is 18.6 Å². The average molecular weight is 261 g/mol. The van der Waals surface area contributed by atoms with E-state index in [0.29, 0.717) is 12.1 Å². The number of halogens is 3. The number of methoxy groups -OCH3 is 1. The van der Waals surface area contributed by atoms with Crippen molar-refractivity contribution in [3.8, 4) is 6.07 Å². The number of carbonyl (C=O) groups excluding carboxylic acids is 1. The van der Waals surface area contributed by atoms with Crippen molar-refractivity contribution in [3.63, 3.8) is 0 Å². The summed E-state index contributed by atoms with van der Waals surface area (Å²) in [5.41, 5.74) is -1.75. The third kappa shape index (κ3) is 2.71. The number of nitriles is 1. The van der Waals surface area contributed by atoms with Gasteiger partial charge in [-0.25, -0.2) is 4.79 Å². The smallest absolute Gasteiger partial charge is 0.416 e. The molecule has 0 atom stereocenters. The first-order valence-corrected chi connectivity index (χ1v) is 4.68. The molecule has 17 heavy (non-hydrogen) atoms. The molecule has 0 aliphatic rings. The van der Waals surface area contributed by atoms with Gasteiger partial charge in [0.1, 0.15) is 6.07 Å². The monoisotopic (exact) mass is 261 g/mol. The van der Waals surface area contributed by atoms with E-state index < -0.39 is 23.3 Å². The molecule has 7 heteroatoms. The summed E-state index contributed by atoms with van der Waals surface area (Å²) < 4.78 is 41.8. The zero-order valence-corrected chi connectivity index (χ0v) is 9.39. The number of rotatable bonds is 1. The first kappa shape index (κ1) is 13.4. The van der Waals surface area contributed by atoms with Gasteiger partial charge in [0.2, 0.25) is 0 Å². The molecule has 3 nitrogen and oxygen atoms in total. The highest BCUT2D eigenvalue weighted by Crippen LogP contribution is 2.33. The Bertz CT molecular complexity index is 505. The lowest BCUT2D eigenvalue weighted by atomic mass is 10.0. The van der Waals surface area contributed by atoms with Gasteiger partial charge in [0.15, 0.2) is 0 Å². The molecule has 0 radical (unpaired) electrons. The number of thiol groups is 1. The molecule has 0 heterocycles. The van der Waals surface area contributed by atoms with Crippen LogP contribution in [0.2, 0.25) is 0 Å². The Kier molecular flexibility index (Phi) is 3.68. The minimum atomic E-state index is -4.62. The van der Waals surface area contributed by atoms with Crippen LogP contribution in [0.1, 0.15) is 21.5 Å². The highest BCUT2D eigenvalue weighted by molar-refractivity contribution is 7.80. The minimum Gasteiger partial charge on any atom is -0.465 e. The normalized spacial score (nSPS) is 10.8. The van der Waals surface area contributed by atoms with Crippen LogP contribution in [0.4, 0.5) is 13.2 Å². The van der Waals surface area contributed by atoms with E-state index in [0.717, 1.165) is 7.11 Å². The maximum Gasteiger partial charge on any atom is 0.416 e. The highest BCUT2D eigenvalue weighted by Gasteiger charge is 2.33. The molecule has 0 fully saturated rings. The SMILES string of the molecule is COC(=O)c1cc(C(F)(F)F)cc(S)c1C#N. The van der Waals surface area contributed by atoms with E-state index >= 15 is 0 Å². The van der Waals surface area contributed by atoms with Crippen LogP contribution in [0.25, 0.3) is 0 Å². The topological polar surface area (TPSA) is 50.1 Å². The van der Waals surface area contributed by atoms with E-state index in [1.807, 2.05) is 0 Å². The number of ether oxygens (including phenoxy) is 1. The molecule has 1 rings (SSSR count). The van der Waals surface area contributed by atoms with Crippen molar-refractivity contribution in [2.45, 2.75) is 11.1 Å². The molecule has 0 aliphatic carbocycles. The Morgan fingerprint density at radius 3 is 2.47 bits per heavy atom. The van der Waals surface area contributed by atoms with Crippen LogP contribution >= 0.6 is 12.6 Å². The van der Waals surface area contributed by atoms with Crippen molar-refractivity contribution in [1.29, 1.82) is 5.26 Å². The van der Waals surface area contributed by atoms with E-state index in [-0.39, 0.29) is 10.5 Å². The standard InChI is InChI=1S/C10H6F3NO2S/c1-16-9(15)6-2-5(10(11,12)13)3-8(17)7(6)4-14/h2-3,17H,1H3. The molecule has 90 valence electrons. The first-order valence-electron chi connectivity index (χ1n) is 4.24. The molecule has 1 aromatic carbocycles. The lowest BCUT2D eigenvalue weighted by molar-refractivity contribution is -0.137. The van der Waals surface area contributed by atoms with E-state index in [2.05, 4.69) is 17.4 Å². The van der Waals surface area contributed by atoms with Crippen molar-refractivity contribution in [3.05, 3.63) is 28.8 Å². The second-order valence-corrected chi connectivity index (χ2v) is 3.50. The zero-order chi connectivity index (χ0) is 13.2. The molecule has 0 unspecified atom stereocenters. The number of hydrogen-bond donors (Lipinski definition) is 1. The molecule has 0 spiro atoms. The second-order valence-electron chi connectivity index (χ2n) is 3.02. The van der Waals surface area contributed by atoms with Gasteiger partial charge in [-0.05, 0) is 12.1 Å². The third-order valence-electron chi connectivity index (χ3n) is 1.96. The number of nitrogens with zero attached hydrogens (tertiary/aromatic N) is 1. The van der Waals surface area contributed by atoms with Crippen LogP contribution in [-0.4, -0.2) is 13.1 Å². The fourth-order valence-corrected chi connectivity index (χ4v) is 1.49. The van der Waals surface area contributed by atoms with Crippen LogP contribution in [0, 0.1) is 11.3 Å². The Hall–Kier alpha value is -1.68. The van der Waals surface area contributed by atoms with Gasteiger partial charge in [0.05, 0.1) is 23.8 Å². The van der Waals surface area contributed by atoms with Gasteiger partial charge in [-0.2, -0.15) is 18.4 Å². The number of alkyl halides is 3. The predicted octanol–water partition coefficient (Wildman–Crippen LogP) is 2.65. The molecule has 1 aromatic rings. The highest BCUT2D eigenvalue weighted by atomic mass is 32.1. The van der Waals surface area contributed by atoms with E-state index in [1.54, 1.807) is 6.07 Å². The van der Waals surface area contributed by atoms with Gasteiger partial charge in [-0.1, -0.05) is 0 Å². The number of benzene rings is 1. The van der Waals surface area contributed by atoms with Crippen molar-refractivity contribution < 1.29 is 22.7 Å². The molecule has 0 bridgehead atoms. The molecule has 0 aromatic heterocycles. The van der Waals surface area contributed by atoms with E-state index in [9.17, 15) is 18.0 Å². The molecule has 0 aliphatic heterocycles. The third-order valence-corrected chi connectivity index (χ3v) is 2.31. The Labute approximate surface area is 100 Å². The molecule has 0 N–H and O–H groups in total. The van der Waals surface area contributed by atoms with Crippen molar-refractivity contribution in [2.75, 3.05) is 7.11 Å². The zero-order valence-electron chi connectivity index (χ0n) is 8.50. The molecule has 0 saturated heterocycles. The van der Waals surface area contributed by atoms with E-state index in [4.69, 9.17) is 5.26 Å². The average Bonchev–Trinajstić information content (AvgIpc) is 2.25. The fraction of sp³-hybridized carbons (Fsp3) is 0.200. The van der Waals surface area contributed by atoms with Crippen LogP contribution in [0.3, 0.4) is 0 Å². The summed E-state index contributed by atoms with van der Waals surface area (Å²) in [4.78, 5) is 11.0. The predicted molar refractivity (Wildman–Crippen MR) is 54.8 cm³/mol. The molecule has 0 amide bonds. The van der Waals surface area contributed by atoms with Gasteiger partial charge < -0.3 is 4.74 Å².